The molecule has 0 amide bonds. The standard InChI is InChI=1S/C12H22O2/c13-10-12(11-14)8-6-4-2-1-3-5-7-9-12/h2,4,13-14H,1,3,5-11H2/b4-2-. The first kappa shape index (κ1) is 11.7. The molecular formula is C12H22O2. The van der Waals surface area contributed by atoms with E-state index in [1.165, 1.54) is 19.3 Å². The molecule has 0 heterocycles. The molecule has 0 saturated heterocycles. The van der Waals surface area contributed by atoms with Crippen molar-refractivity contribution < 1.29 is 10.2 Å². The lowest BCUT2D eigenvalue weighted by Gasteiger charge is -2.29. The molecule has 1 aliphatic rings. The van der Waals surface area contributed by atoms with E-state index >= 15 is 0 Å². The van der Waals surface area contributed by atoms with Gasteiger partial charge in [0.05, 0.1) is 13.2 Å². The number of hydrogen-bond acceptors (Lipinski definition) is 2. The smallest absolute Gasteiger partial charge is 0.0509 e. The van der Waals surface area contributed by atoms with Gasteiger partial charge < -0.3 is 10.2 Å². The predicted octanol–water partition coefficient (Wildman–Crippen LogP) is 2.26. The van der Waals surface area contributed by atoms with Crippen molar-refractivity contribution in [3.63, 3.8) is 0 Å². The Morgan fingerprint density at radius 3 is 2.29 bits per heavy atom. The summed E-state index contributed by atoms with van der Waals surface area (Å²) < 4.78 is 0. The molecule has 0 saturated carbocycles. The number of aliphatic hydroxyl groups excluding tert-OH is 2. The highest BCUT2D eigenvalue weighted by Gasteiger charge is 2.27. The second-order valence-electron chi connectivity index (χ2n) is 4.43. The Balaban J connectivity index is 2.53. The molecule has 82 valence electrons. The zero-order chi connectivity index (χ0) is 10.3. The van der Waals surface area contributed by atoms with Crippen LogP contribution in [0.3, 0.4) is 0 Å². The van der Waals surface area contributed by atoms with Gasteiger partial charge in [0.25, 0.3) is 0 Å². The molecule has 14 heavy (non-hydrogen) atoms. The van der Waals surface area contributed by atoms with E-state index in [-0.39, 0.29) is 18.6 Å². The molecule has 0 aliphatic heterocycles. The third-order valence-corrected chi connectivity index (χ3v) is 3.26. The van der Waals surface area contributed by atoms with Gasteiger partial charge in [-0.05, 0) is 32.1 Å². The summed E-state index contributed by atoms with van der Waals surface area (Å²) in [7, 11) is 0. The lowest BCUT2D eigenvalue weighted by molar-refractivity contribution is 0.0381. The van der Waals surface area contributed by atoms with E-state index in [2.05, 4.69) is 12.2 Å². The lowest BCUT2D eigenvalue weighted by Crippen LogP contribution is -2.29. The van der Waals surface area contributed by atoms with Gasteiger partial charge in [-0.15, -0.1) is 0 Å². The Morgan fingerprint density at radius 1 is 0.857 bits per heavy atom. The third-order valence-electron chi connectivity index (χ3n) is 3.26. The van der Waals surface area contributed by atoms with Crippen LogP contribution in [0.1, 0.15) is 44.9 Å². The number of allylic oxidation sites excluding steroid dienone is 2. The molecule has 2 N–H and O–H groups in total. The first-order valence-corrected chi connectivity index (χ1v) is 5.70. The third kappa shape index (κ3) is 3.43. The van der Waals surface area contributed by atoms with Crippen LogP contribution in [0.2, 0.25) is 0 Å². The number of rotatable bonds is 2. The van der Waals surface area contributed by atoms with Gasteiger partial charge in [0.1, 0.15) is 0 Å². The van der Waals surface area contributed by atoms with Gasteiger partial charge in [0, 0.05) is 5.41 Å². The Bertz CT molecular complexity index is 171. The summed E-state index contributed by atoms with van der Waals surface area (Å²) in [5, 5.41) is 18.7. The van der Waals surface area contributed by atoms with E-state index in [1.807, 2.05) is 0 Å². The first-order chi connectivity index (χ1) is 6.83. The molecule has 2 heteroatoms. The van der Waals surface area contributed by atoms with Crippen LogP contribution in [-0.4, -0.2) is 23.4 Å². The van der Waals surface area contributed by atoms with Crippen LogP contribution in [0.25, 0.3) is 0 Å². The Hall–Kier alpha value is -0.340. The van der Waals surface area contributed by atoms with E-state index in [9.17, 15) is 10.2 Å². The van der Waals surface area contributed by atoms with Gasteiger partial charge in [-0.25, -0.2) is 0 Å². The Labute approximate surface area is 86.6 Å². The normalized spacial score (nSPS) is 25.6. The van der Waals surface area contributed by atoms with Crippen molar-refractivity contribution in [2.45, 2.75) is 44.9 Å². The van der Waals surface area contributed by atoms with Crippen molar-refractivity contribution in [2.24, 2.45) is 5.41 Å². The van der Waals surface area contributed by atoms with E-state index in [0.717, 1.165) is 25.7 Å². The maximum atomic E-state index is 9.34. The van der Waals surface area contributed by atoms with Crippen LogP contribution in [0, 0.1) is 5.41 Å². The highest BCUT2D eigenvalue weighted by atomic mass is 16.3. The molecule has 0 aromatic heterocycles. The van der Waals surface area contributed by atoms with Crippen molar-refractivity contribution in [2.75, 3.05) is 13.2 Å². The summed E-state index contributed by atoms with van der Waals surface area (Å²) in [5.74, 6) is 0. The van der Waals surface area contributed by atoms with Crippen molar-refractivity contribution in [1.82, 2.24) is 0 Å². The highest BCUT2D eigenvalue weighted by Crippen LogP contribution is 2.30. The summed E-state index contributed by atoms with van der Waals surface area (Å²) in [4.78, 5) is 0. The molecule has 2 nitrogen and oxygen atoms in total. The van der Waals surface area contributed by atoms with Crippen LogP contribution < -0.4 is 0 Å². The summed E-state index contributed by atoms with van der Waals surface area (Å²) in [6, 6.07) is 0. The minimum absolute atomic E-state index is 0.122. The summed E-state index contributed by atoms with van der Waals surface area (Å²) in [6.07, 6.45) is 12.1. The largest absolute Gasteiger partial charge is 0.396 e. The van der Waals surface area contributed by atoms with E-state index in [1.54, 1.807) is 0 Å². The van der Waals surface area contributed by atoms with Gasteiger partial charge in [-0.3, -0.25) is 0 Å². The lowest BCUT2D eigenvalue weighted by atomic mass is 9.79. The van der Waals surface area contributed by atoms with Crippen molar-refractivity contribution in [3.8, 4) is 0 Å². The summed E-state index contributed by atoms with van der Waals surface area (Å²) in [6.45, 7) is 0.245. The van der Waals surface area contributed by atoms with Gasteiger partial charge in [0.2, 0.25) is 0 Å². The summed E-state index contributed by atoms with van der Waals surface area (Å²) in [5.41, 5.74) is -0.221. The first-order valence-electron chi connectivity index (χ1n) is 5.70. The zero-order valence-corrected chi connectivity index (χ0v) is 8.91. The average Bonchev–Trinajstić information content (AvgIpc) is 2.26. The molecule has 0 fully saturated rings. The fourth-order valence-electron chi connectivity index (χ4n) is 2.06. The van der Waals surface area contributed by atoms with Gasteiger partial charge >= 0.3 is 0 Å². The van der Waals surface area contributed by atoms with Crippen LogP contribution in [0.5, 0.6) is 0 Å². The van der Waals surface area contributed by atoms with E-state index in [0.29, 0.717) is 0 Å². The fraction of sp³-hybridized carbons (Fsp3) is 0.833. The van der Waals surface area contributed by atoms with E-state index < -0.39 is 0 Å². The number of hydrogen-bond donors (Lipinski definition) is 2. The molecule has 0 spiro atoms. The number of aliphatic hydroxyl groups is 2. The van der Waals surface area contributed by atoms with Crippen molar-refractivity contribution >= 4 is 0 Å². The minimum Gasteiger partial charge on any atom is -0.396 e. The van der Waals surface area contributed by atoms with Crippen LogP contribution in [0.4, 0.5) is 0 Å². The molecular weight excluding hydrogens is 176 g/mol. The molecule has 0 bridgehead atoms. The molecule has 0 atom stereocenters. The monoisotopic (exact) mass is 198 g/mol. The van der Waals surface area contributed by atoms with E-state index in [4.69, 9.17) is 0 Å². The van der Waals surface area contributed by atoms with Crippen LogP contribution >= 0.6 is 0 Å². The van der Waals surface area contributed by atoms with Gasteiger partial charge in [-0.2, -0.15) is 0 Å². The Morgan fingerprint density at radius 2 is 1.57 bits per heavy atom. The molecule has 0 aromatic carbocycles. The molecule has 0 unspecified atom stereocenters. The molecule has 0 radical (unpaired) electrons. The maximum absolute atomic E-state index is 9.34. The summed E-state index contributed by atoms with van der Waals surface area (Å²) >= 11 is 0. The SMILES string of the molecule is OCC1(CO)CC/C=C\CCCCC1. The Kier molecular flexibility index (Phi) is 5.20. The predicted molar refractivity (Wildman–Crippen MR) is 58.1 cm³/mol. The quantitative estimate of drug-likeness (QED) is 0.668. The van der Waals surface area contributed by atoms with Crippen molar-refractivity contribution in [1.29, 1.82) is 0 Å². The fourth-order valence-corrected chi connectivity index (χ4v) is 2.06. The second-order valence-corrected chi connectivity index (χ2v) is 4.43. The topological polar surface area (TPSA) is 40.5 Å². The van der Waals surface area contributed by atoms with Crippen molar-refractivity contribution in [3.05, 3.63) is 12.2 Å². The molecule has 1 rings (SSSR count). The van der Waals surface area contributed by atoms with Gasteiger partial charge in [0.15, 0.2) is 0 Å². The zero-order valence-electron chi connectivity index (χ0n) is 8.91. The highest BCUT2D eigenvalue weighted by molar-refractivity contribution is 4.87. The second kappa shape index (κ2) is 6.20. The van der Waals surface area contributed by atoms with Crippen LogP contribution in [0.15, 0.2) is 12.2 Å². The molecule has 1 aliphatic carbocycles. The average molecular weight is 198 g/mol. The van der Waals surface area contributed by atoms with Gasteiger partial charge in [-0.1, -0.05) is 25.0 Å². The maximum Gasteiger partial charge on any atom is 0.0509 e. The minimum atomic E-state index is -0.221. The molecule has 0 aromatic rings. The van der Waals surface area contributed by atoms with Crippen LogP contribution in [-0.2, 0) is 0 Å².